The average molecular weight is 375 g/mol. The van der Waals surface area contributed by atoms with E-state index in [-0.39, 0.29) is 16.2 Å². The molecule has 2 aromatic rings. The molecule has 0 aromatic heterocycles. The van der Waals surface area contributed by atoms with Crippen molar-refractivity contribution in [3.8, 4) is 0 Å². The molecule has 0 fully saturated rings. The van der Waals surface area contributed by atoms with Gasteiger partial charge in [0.25, 0.3) is 5.91 Å². The second-order valence-electron chi connectivity index (χ2n) is 5.68. The maximum absolute atomic E-state index is 12.5. The lowest BCUT2D eigenvalue weighted by Crippen LogP contribution is -2.37. The molecule has 0 N–H and O–H groups in total. The number of benzene rings is 2. The Labute approximate surface area is 153 Å². The molecular formula is C19H21NO5S. The van der Waals surface area contributed by atoms with E-state index in [1.165, 1.54) is 36.9 Å². The molecule has 2 aromatic carbocycles. The molecule has 138 valence electrons. The van der Waals surface area contributed by atoms with Gasteiger partial charge in [-0.05, 0) is 31.2 Å². The van der Waals surface area contributed by atoms with Gasteiger partial charge in [-0.15, -0.1) is 0 Å². The van der Waals surface area contributed by atoms with E-state index < -0.39 is 27.8 Å². The number of ether oxygens (including phenoxy) is 1. The predicted molar refractivity (Wildman–Crippen MR) is 98.9 cm³/mol. The predicted octanol–water partition coefficient (Wildman–Crippen LogP) is 2.69. The van der Waals surface area contributed by atoms with E-state index in [0.29, 0.717) is 5.69 Å². The minimum atomic E-state index is -3.59. The normalized spacial score (nSPS) is 12.3. The van der Waals surface area contributed by atoms with Gasteiger partial charge in [0.15, 0.2) is 15.9 Å². The molecule has 0 saturated heterocycles. The molecule has 1 atom stereocenters. The molecular weight excluding hydrogens is 354 g/mol. The highest BCUT2D eigenvalue weighted by Gasteiger charge is 2.26. The first-order chi connectivity index (χ1) is 12.3. The topological polar surface area (TPSA) is 80.7 Å². The Morgan fingerprint density at radius 2 is 1.62 bits per heavy atom. The summed E-state index contributed by atoms with van der Waals surface area (Å²) >= 11 is 0. The largest absolute Gasteiger partial charge is 0.449 e. The van der Waals surface area contributed by atoms with Crippen LogP contribution in [0.1, 0.15) is 24.2 Å². The Balaban J connectivity index is 2.19. The molecule has 2 rings (SSSR count). The van der Waals surface area contributed by atoms with E-state index in [1.54, 1.807) is 37.4 Å². The molecule has 7 heteroatoms. The molecule has 26 heavy (non-hydrogen) atoms. The maximum Gasteiger partial charge on any atom is 0.340 e. The second kappa shape index (κ2) is 8.14. The SMILES string of the molecule is CCS(=O)(=O)c1ccccc1C(=O)OC(C)C(=O)N(C)c1ccccc1. The Hall–Kier alpha value is -2.67. The minimum Gasteiger partial charge on any atom is -0.449 e. The van der Waals surface area contributed by atoms with Crippen molar-refractivity contribution < 1.29 is 22.7 Å². The summed E-state index contributed by atoms with van der Waals surface area (Å²) in [5, 5.41) is 0. The fraction of sp³-hybridized carbons (Fsp3) is 0.263. The van der Waals surface area contributed by atoms with Gasteiger partial charge < -0.3 is 9.64 Å². The third kappa shape index (κ3) is 4.29. The fourth-order valence-electron chi connectivity index (χ4n) is 2.39. The molecule has 0 saturated carbocycles. The molecule has 6 nitrogen and oxygen atoms in total. The molecule has 0 spiro atoms. The van der Waals surface area contributed by atoms with Crippen LogP contribution in [0.4, 0.5) is 5.69 Å². The van der Waals surface area contributed by atoms with Crippen LogP contribution in [0.2, 0.25) is 0 Å². The van der Waals surface area contributed by atoms with Gasteiger partial charge in [-0.2, -0.15) is 0 Å². The molecule has 0 aliphatic carbocycles. The lowest BCUT2D eigenvalue weighted by atomic mass is 10.2. The third-order valence-electron chi connectivity index (χ3n) is 3.93. The number of anilines is 1. The Bertz CT molecular complexity index is 893. The quantitative estimate of drug-likeness (QED) is 0.725. The summed E-state index contributed by atoms with van der Waals surface area (Å²) in [5.74, 6) is -1.40. The van der Waals surface area contributed by atoms with E-state index in [4.69, 9.17) is 4.74 Å². The smallest absolute Gasteiger partial charge is 0.340 e. The van der Waals surface area contributed by atoms with E-state index in [0.717, 1.165) is 0 Å². The number of rotatable bonds is 6. The molecule has 1 amide bonds. The van der Waals surface area contributed by atoms with Crippen molar-refractivity contribution in [2.24, 2.45) is 0 Å². The second-order valence-corrected chi connectivity index (χ2v) is 7.93. The Kier molecular flexibility index (Phi) is 6.15. The van der Waals surface area contributed by atoms with Crippen molar-refractivity contribution in [2.45, 2.75) is 24.8 Å². The van der Waals surface area contributed by atoms with Crippen LogP contribution >= 0.6 is 0 Å². The Morgan fingerprint density at radius 3 is 2.23 bits per heavy atom. The van der Waals surface area contributed by atoms with Gasteiger partial charge in [-0.3, -0.25) is 4.79 Å². The summed E-state index contributed by atoms with van der Waals surface area (Å²) in [7, 11) is -2.00. The standard InChI is InChI=1S/C19H21NO5S/c1-4-26(23,24)17-13-9-8-12-16(17)19(22)25-14(2)18(21)20(3)15-10-6-5-7-11-15/h5-14H,4H2,1-3H3. The average Bonchev–Trinajstić information content (AvgIpc) is 2.67. The summed E-state index contributed by atoms with van der Waals surface area (Å²) in [6, 6.07) is 14.8. The highest BCUT2D eigenvalue weighted by Crippen LogP contribution is 2.19. The van der Waals surface area contributed by atoms with Gasteiger partial charge in [-0.25, -0.2) is 13.2 Å². The van der Waals surface area contributed by atoms with Crippen molar-refractivity contribution in [3.05, 3.63) is 60.2 Å². The number of esters is 1. The molecule has 0 aliphatic rings. The van der Waals surface area contributed by atoms with Crippen LogP contribution in [-0.4, -0.2) is 39.2 Å². The lowest BCUT2D eigenvalue weighted by molar-refractivity contribution is -0.126. The van der Waals surface area contributed by atoms with Gasteiger partial charge in [0, 0.05) is 12.7 Å². The molecule has 1 unspecified atom stereocenters. The minimum absolute atomic E-state index is 0.0728. The summed E-state index contributed by atoms with van der Waals surface area (Å²) in [6.07, 6.45) is -1.06. The van der Waals surface area contributed by atoms with Gasteiger partial charge >= 0.3 is 5.97 Å². The lowest BCUT2D eigenvalue weighted by Gasteiger charge is -2.21. The zero-order valence-electron chi connectivity index (χ0n) is 14.9. The van der Waals surface area contributed by atoms with Crippen LogP contribution in [0.5, 0.6) is 0 Å². The number of carbonyl (C=O) groups is 2. The molecule has 0 radical (unpaired) electrons. The number of para-hydroxylation sites is 1. The molecule has 0 heterocycles. The summed E-state index contributed by atoms with van der Waals surface area (Å²) in [4.78, 5) is 26.2. The summed E-state index contributed by atoms with van der Waals surface area (Å²) in [6.45, 7) is 2.95. The number of hydrogen-bond acceptors (Lipinski definition) is 5. The number of likely N-dealkylation sites (N-methyl/N-ethyl adjacent to an activating group) is 1. The molecule has 0 bridgehead atoms. The van der Waals surface area contributed by atoms with Crippen LogP contribution in [0.3, 0.4) is 0 Å². The number of hydrogen-bond donors (Lipinski definition) is 0. The Morgan fingerprint density at radius 1 is 1.04 bits per heavy atom. The first-order valence-corrected chi connectivity index (χ1v) is 9.78. The van der Waals surface area contributed by atoms with Crippen molar-refractivity contribution in [2.75, 3.05) is 17.7 Å². The number of sulfone groups is 1. The maximum atomic E-state index is 12.5. The van der Waals surface area contributed by atoms with Gasteiger partial charge in [0.05, 0.1) is 16.2 Å². The van der Waals surface area contributed by atoms with Crippen molar-refractivity contribution in [3.63, 3.8) is 0 Å². The van der Waals surface area contributed by atoms with Gasteiger partial charge in [-0.1, -0.05) is 37.3 Å². The van der Waals surface area contributed by atoms with Crippen molar-refractivity contribution >= 4 is 27.4 Å². The van der Waals surface area contributed by atoms with Crippen LogP contribution in [0, 0.1) is 0 Å². The van der Waals surface area contributed by atoms with E-state index in [9.17, 15) is 18.0 Å². The van der Waals surface area contributed by atoms with E-state index >= 15 is 0 Å². The molecule has 0 aliphatic heterocycles. The van der Waals surface area contributed by atoms with E-state index in [2.05, 4.69) is 0 Å². The highest BCUT2D eigenvalue weighted by molar-refractivity contribution is 7.91. The third-order valence-corrected chi connectivity index (χ3v) is 5.71. The van der Waals surface area contributed by atoms with Crippen LogP contribution in [0.25, 0.3) is 0 Å². The van der Waals surface area contributed by atoms with E-state index in [1.807, 2.05) is 6.07 Å². The van der Waals surface area contributed by atoms with Gasteiger partial charge in [0.2, 0.25) is 0 Å². The summed E-state index contributed by atoms with van der Waals surface area (Å²) in [5.41, 5.74) is 0.589. The van der Waals surface area contributed by atoms with Gasteiger partial charge in [0.1, 0.15) is 0 Å². The van der Waals surface area contributed by atoms with Crippen LogP contribution in [0.15, 0.2) is 59.5 Å². The fourth-order valence-corrected chi connectivity index (χ4v) is 3.47. The van der Waals surface area contributed by atoms with Crippen molar-refractivity contribution in [1.29, 1.82) is 0 Å². The zero-order chi connectivity index (χ0) is 19.3. The number of nitrogens with zero attached hydrogens (tertiary/aromatic N) is 1. The summed E-state index contributed by atoms with van der Waals surface area (Å²) < 4.78 is 29.5. The number of amides is 1. The van der Waals surface area contributed by atoms with Crippen LogP contribution < -0.4 is 4.90 Å². The van der Waals surface area contributed by atoms with Crippen LogP contribution in [-0.2, 0) is 19.4 Å². The monoisotopic (exact) mass is 375 g/mol. The number of carbonyl (C=O) groups excluding carboxylic acids is 2. The highest BCUT2D eigenvalue weighted by atomic mass is 32.2. The first kappa shape index (κ1) is 19.7. The first-order valence-electron chi connectivity index (χ1n) is 8.13. The zero-order valence-corrected chi connectivity index (χ0v) is 15.7. The van der Waals surface area contributed by atoms with Crippen molar-refractivity contribution in [1.82, 2.24) is 0 Å².